The predicted molar refractivity (Wildman–Crippen MR) is 74.4 cm³/mol. The number of aromatic nitrogens is 3. The monoisotopic (exact) mass is 280 g/mol. The first-order valence-corrected chi connectivity index (χ1v) is 6.33. The smallest absolute Gasteiger partial charge is 0.341 e. The maximum atomic E-state index is 11.9. The minimum absolute atomic E-state index is 0.0539. The lowest BCUT2D eigenvalue weighted by molar-refractivity contribution is 0.0472. The van der Waals surface area contributed by atoms with Crippen LogP contribution in [-0.2, 0) is 18.4 Å². The molecule has 0 aliphatic rings. The second-order valence-corrected chi connectivity index (χ2v) is 4.61. The number of ether oxygens (including phenoxy) is 1. The Morgan fingerprint density at radius 3 is 3.00 bits per heavy atom. The molecule has 0 aromatic carbocycles. The van der Waals surface area contributed by atoms with Crippen molar-refractivity contribution in [2.24, 2.45) is 7.05 Å². The molecule has 0 radical (unpaired) electrons. The Morgan fingerprint density at radius 2 is 2.29 bits per heavy atom. The van der Waals surface area contributed by atoms with E-state index in [-0.39, 0.29) is 6.61 Å². The fraction of sp³-hybridized carbons (Fsp3) is 0.133. The van der Waals surface area contributed by atoms with E-state index in [1.807, 2.05) is 28.8 Å². The van der Waals surface area contributed by atoms with Crippen LogP contribution in [0.5, 0.6) is 0 Å². The van der Waals surface area contributed by atoms with Crippen LogP contribution in [0.4, 0.5) is 0 Å². The van der Waals surface area contributed by atoms with Crippen molar-refractivity contribution in [1.82, 2.24) is 14.2 Å². The number of carbonyl (C=O) groups excluding carboxylic acids is 1. The number of fused-ring (bicyclic) bond motifs is 1. The summed E-state index contributed by atoms with van der Waals surface area (Å²) in [6, 6.07) is 7.75. The third-order valence-electron chi connectivity index (χ3n) is 3.17. The number of aryl methyl sites for hydroxylation is 1. The van der Waals surface area contributed by atoms with E-state index in [9.17, 15) is 10.1 Å². The summed E-state index contributed by atoms with van der Waals surface area (Å²) in [7, 11) is 1.73. The van der Waals surface area contributed by atoms with Crippen molar-refractivity contribution < 1.29 is 9.53 Å². The van der Waals surface area contributed by atoms with E-state index in [0.29, 0.717) is 16.7 Å². The number of pyridine rings is 1. The van der Waals surface area contributed by atoms with Gasteiger partial charge in [0, 0.05) is 31.2 Å². The van der Waals surface area contributed by atoms with Gasteiger partial charge in [0.1, 0.15) is 12.7 Å². The maximum Gasteiger partial charge on any atom is 0.341 e. The molecule has 0 fully saturated rings. The molecule has 3 aromatic heterocycles. The highest BCUT2D eigenvalue weighted by Gasteiger charge is 2.14. The normalized spacial score (nSPS) is 10.5. The van der Waals surface area contributed by atoms with Gasteiger partial charge in [-0.2, -0.15) is 10.4 Å². The Bertz CT molecular complexity index is 854. The highest BCUT2D eigenvalue weighted by atomic mass is 16.5. The van der Waals surface area contributed by atoms with Crippen LogP contribution in [0.1, 0.15) is 21.5 Å². The van der Waals surface area contributed by atoms with E-state index in [1.54, 1.807) is 19.4 Å². The first-order valence-electron chi connectivity index (χ1n) is 6.33. The van der Waals surface area contributed by atoms with Crippen molar-refractivity contribution in [3.63, 3.8) is 0 Å². The van der Waals surface area contributed by atoms with Crippen molar-refractivity contribution in [1.29, 1.82) is 5.26 Å². The van der Waals surface area contributed by atoms with Crippen molar-refractivity contribution >= 4 is 11.5 Å². The Balaban J connectivity index is 1.82. The van der Waals surface area contributed by atoms with Crippen LogP contribution in [0.25, 0.3) is 5.52 Å². The highest BCUT2D eigenvalue weighted by Crippen LogP contribution is 2.19. The molecule has 104 valence electrons. The number of rotatable bonds is 3. The summed E-state index contributed by atoms with van der Waals surface area (Å²) in [5.41, 5.74) is 2.39. The highest BCUT2D eigenvalue weighted by molar-refractivity contribution is 5.88. The molecule has 0 aliphatic heterocycles. The van der Waals surface area contributed by atoms with Gasteiger partial charge in [-0.1, -0.05) is 6.07 Å². The molecule has 0 saturated heterocycles. The summed E-state index contributed by atoms with van der Waals surface area (Å²) < 4.78 is 8.61. The van der Waals surface area contributed by atoms with Crippen LogP contribution >= 0.6 is 0 Å². The molecule has 0 bridgehead atoms. The third-order valence-corrected chi connectivity index (χ3v) is 3.17. The third kappa shape index (κ3) is 2.37. The van der Waals surface area contributed by atoms with Crippen molar-refractivity contribution in [2.45, 2.75) is 6.61 Å². The fourth-order valence-electron chi connectivity index (χ4n) is 2.17. The Hall–Kier alpha value is -3.07. The molecule has 6 nitrogen and oxygen atoms in total. The predicted octanol–water partition coefficient (Wildman–Crippen LogP) is 1.90. The van der Waals surface area contributed by atoms with E-state index in [1.165, 1.54) is 10.9 Å². The minimum Gasteiger partial charge on any atom is -0.457 e. The number of nitriles is 1. The van der Waals surface area contributed by atoms with Gasteiger partial charge < -0.3 is 9.14 Å². The van der Waals surface area contributed by atoms with Crippen LogP contribution in [-0.4, -0.2) is 20.2 Å². The molecule has 21 heavy (non-hydrogen) atoms. The summed E-state index contributed by atoms with van der Waals surface area (Å²) in [5.74, 6) is -0.456. The molecule has 0 N–H and O–H groups in total. The summed E-state index contributed by atoms with van der Waals surface area (Å²) in [5, 5.41) is 13.2. The maximum absolute atomic E-state index is 11.9. The van der Waals surface area contributed by atoms with Gasteiger partial charge in [-0.25, -0.2) is 4.79 Å². The van der Waals surface area contributed by atoms with Crippen LogP contribution in [0, 0.1) is 11.3 Å². The fourth-order valence-corrected chi connectivity index (χ4v) is 2.17. The van der Waals surface area contributed by atoms with Crippen LogP contribution in [0.2, 0.25) is 0 Å². The van der Waals surface area contributed by atoms with Gasteiger partial charge >= 0.3 is 5.97 Å². The number of esters is 1. The lowest BCUT2D eigenvalue weighted by atomic mass is 10.2. The van der Waals surface area contributed by atoms with Crippen molar-refractivity contribution in [2.75, 3.05) is 0 Å². The molecule has 0 aliphatic carbocycles. The standard InChI is InChI=1S/C15H12N4O2/c1-18-8-11(7-17-18)15(20)21-10-12-9-19-5-3-2-4-14(19)13(12)6-16/h2-5,7-9H,10H2,1H3. The lowest BCUT2D eigenvalue weighted by Crippen LogP contribution is -2.04. The van der Waals surface area contributed by atoms with Gasteiger partial charge in [0.15, 0.2) is 0 Å². The zero-order valence-electron chi connectivity index (χ0n) is 11.4. The molecule has 6 heteroatoms. The van der Waals surface area contributed by atoms with E-state index in [2.05, 4.69) is 11.2 Å². The molecular formula is C15H12N4O2. The summed E-state index contributed by atoms with van der Waals surface area (Å²) in [6.45, 7) is 0.0539. The summed E-state index contributed by atoms with van der Waals surface area (Å²) in [6.07, 6.45) is 6.68. The van der Waals surface area contributed by atoms with Gasteiger partial charge in [0.05, 0.1) is 22.8 Å². The second kappa shape index (κ2) is 5.13. The molecule has 3 heterocycles. The van der Waals surface area contributed by atoms with Gasteiger partial charge in [-0.15, -0.1) is 0 Å². The second-order valence-electron chi connectivity index (χ2n) is 4.61. The van der Waals surface area contributed by atoms with E-state index in [0.717, 1.165) is 5.52 Å². The first kappa shape index (κ1) is 12.9. The Labute approximate surface area is 120 Å². The molecule has 0 atom stereocenters. The molecule has 3 aromatic rings. The lowest BCUT2D eigenvalue weighted by Gasteiger charge is -2.01. The van der Waals surface area contributed by atoms with Crippen LogP contribution in [0.15, 0.2) is 43.0 Å². The molecule has 0 saturated carbocycles. The SMILES string of the molecule is Cn1cc(C(=O)OCc2cn3ccccc3c2C#N)cn1. The molecule has 0 amide bonds. The summed E-state index contributed by atoms with van der Waals surface area (Å²) in [4.78, 5) is 11.9. The van der Waals surface area contributed by atoms with Gasteiger partial charge in [0.2, 0.25) is 0 Å². The largest absolute Gasteiger partial charge is 0.457 e. The number of hydrogen-bond donors (Lipinski definition) is 0. The van der Waals surface area contributed by atoms with Gasteiger partial charge in [-0.05, 0) is 12.1 Å². The van der Waals surface area contributed by atoms with E-state index in [4.69, 9.17) is 4.74 Å². The van der Waals surface area contributed by atoms with Gasteiger partial charge in [-0.3, -0.25) is 4.68 Å². The number of nitrogens with zero attached hydrogens (tertiary/aromatic N) is 4. The topological polar surface area (TPSA) is 72.3 Å². The van der Waals surface area contributed by atoms with Crippen molar-refractivity contribution in [3.8, 4) is 6.07 Å². The molecule has 3 rings (SSSR count). The van der Waals surface area contributed by atoms with Crippen molar-refractivity contribution in [3.05, 3.63) is 59.7 Å². The Kier molecular flexibility index (Phi) is 3.16. The van der Waals surface area contributed by atoms with E-state index >= 15 is 0 Å². The molecule has 0 unspecified atom stereocenters. The summed E-state index contributed by atoms with van der Waals surface area (Å²) >= 11 is 0. The quantitative estimate of drug-likeness (QED) is 0.687. The zero-order valence-corrected chi connectivity index (χ0v) is 11.4. The molecular weight excluding hydrogens is 268 g/mol. The number of carbonyl (C=O) groups is 1. The first-order chi connectivity index (χ1) is 10.2. The van der Waals surface area contributed by atoms with Crippen LogP contribution in [0.3, 0.4) is 0 Å². The average molecular weight is 280 g/mol. The Morgan fingerprint density at radius 1 is 1.43 bits per heavy atom. The number of hydrogen-bond acceptors (Lipinski definition) is 4. The average Bonchev–Trinajstić information content (AvgIpc) is 3.07. The minimum atomic E-state index is -0.456. The van der Waals surface area contributed by atoms with Crippen LogP contribution < -0.4 is 0 Å². The van der Waals surface area contributed by atoms with E-state index < -0.39 is 5.97 Å². The zero-order chi connectivity index (χ0) is 14.8. The van der Waals surface area contributed by atoms with Gasteiger partial charge in [0.25, 0.3) is 0 Å². The molecule has 0 spiro atoms.